The number of aliphatic imine (C=N–C) groups is 1. The average Bonchev–Trinajstić information content (AvgIpc) is 3.21. The van der Waals surface area contributed by atoms with Crippen molar-refractivity contribution in [3.8, 4) is 11.5 Å². The molecule has 1 aliphatic heterocycles. The van der Waals surface area contributed by atoms with Crippen molar-refractivity contribution in [2.75, 3.05) is 6.61 Å². The number of nitrogens with zero attached hydrogens (tertiary/aromatic N) is 5. The summed E-state index contributed by atoms with van der Waals surface area (Å²) in [6.07, 6.45) is 0. The molecule has 166 valence electrons. The second-order valence-corrected chi connectivity index (χ2v) is 8.57. The minimum atomic E-state index is -3.82. The van der Waals surface area contributed by atoms with Gasteiger partial charge in [-0.2, -0.15) is 0 Å². The number of carbonyl (C=O) groups is 1. The van der Waals surface area contributed by atoms with Gasteiger partial charge in [0.2, 0.25) is 10.0 Å². The van der Waals surface area contributed by atoms with Crippen molar-refractivity contribution in [2.45, 2.75) is 24.8 Å². The zero-order valence-corrected chi connectivity index (χ0v) is 18.1. The number of hydrogen-bond acceptors (Lipinski definition) is 9. The summed E-state index contributed by atoms with van der Waals surface area (Å²) in [6.45, 7) is 3.67. The van der Waals surface area contributed by atoms with Crippen LogP contribution in [0.5, 0.6) is 11.5 Å². The van der Waals surface area contributed by atoms with Gasteiger partial charge in [-0.15, -0.1) is 0 Å². The standard InChI is InChI=1S/C20H20N6O5S/c1-3-30-19(27)17-12(2)22-20-23-24-25-26(20)18(17)15-6-4-5-7-16(15)31-13-8-10-14(11-9-13)32(21,28)29/h4-11,17-18H,3H2,1-2H3,(H2,21,28,29). The van der Waals surface area contributed by atoms with Crippen LogP contribution in [-0.2, 0) is 19.6 Å². The molecule has 2 aromatic carbocycles. The third kappa shape index (κ3) is 4.09. The number of sulfonamides is 1. The molecule has 11 nitrogen and oxygen atoms in total. The molecule has 0 saturated carbocycles. The number of fused-ring (bicyclic) bond motifs is 1. The Morgan fingerprint density at radius 2 is 1.88 bits per heavy atom. The minimum Gasteiger partial charge on any atom is -0.465 e. The molecule has 3 aromatic rings. The number of esters is 1. The number of carbonyl (C=O) groups excluding carboxylic acids is 1. The maximum atomic E-state index is 12.8. The maximum Gasteiger partial charge on any atom is 0.317 e. The number of aromatic nitrogens is 4. The molecule has 2 heterocycles. The van der Waals surface area contributed by atoms with Gasteiger partial charge in [0.05, 0.1) is 11.5 Å². The second kappa shape index (κ2) is 8.48. The largest absolute Gasteiger partial charge is 0.465 e. The number of rotatable bonds is 6. The lowest BCUT2D eigenvalue weighted by Crippen LogP contribution is -2.37. The predicted octanol–water partition coefficient (Wildman–Crippen LogP) is 1.99. The van der Waals surface area contributed by atoms with Crippen LogP contribution >= 0.6 is 0 Å². The first-order valence-electron chi connectivity index (χ1n) is 9.69. The molecule has 2 atom stereocenters. The highest BCUT2D eigenvalue weighted by molar-refractivity contribution is 7.89. The fraction of sp³-hybridized carbons (Fsp3) is 0.250. The van der Waals surface area contributed by atoms with Crippen molar-refractivity contribution in [1.29, 1.82) is 0 Å². The molecule has 2 unspecified atom stereocenters. The molecule has 2 N–H and O–H groups in total. The minimum absolute atomic E-state index is 0.0297. The van der Waals surface area contributed by atoms with E-state index in [1.54, 1.807) is 38.1 Å². The van der Waals surface area contributed by atoms with Crippen LogP contribution in [0.1, 0.15) is 25.5 Å². The van der Waals surface area contributed by atoms with Crippen LogP contribution in [-0.4, -0.2) is 46.9 Å². The Hall–Kier alpha value is -3.64. The van der Waals surface area contributed by atoms with Crippen LogP contribution in [0.25, 0.3) is 0 Å². The van der Waals surface area contributed by atoms with E-state index in [1.807, 2.05) is 0 Å². The number of ether oxygens (including phenoxy) is 2. The molecule has 0 bridgehead atoms. The van der Waals surface area contributed by atoms with Crippen molar-refractivity contribution in [3.63, 3.8) is 0 Å². The summed E-state index contributed by atoms with van der Waals surface area (Å²) in [5, 5.41) is 16.8. The lowest BCUT2D eigenvalue weighted by atomic mass is 9.88. The number of para-hydroxylation sites is 1. The molecule has 1 aliphatic rings. The van der Waals surface area contributed by atoms with Crippen LogP contribution in [0.4, 0.5) is 5.95 Å². The van der Waals surface area contributed by atoms with Crippen molar-refractivity contribution in [3.05, 3.63) is 54.1 Å². The van der Waals surface area contributed by atoms with Gasteiger partial charge in [-0.1, -0.05) is 23.3 Å². The van der Waals surface area contributed by atoms with Gasteiger partial charge in [0.15, 0.2) is 0 Å². The Balaban J connectivity index is 1.76. The van der Waals surface area contributed by atoms with Crippen LogP contribution in [0.2, 0.25) is 0 Å². The van der Waals surface area contributed by atoms with Gasteiger partial charge in [0.25, 0.3) is 5.95 Å². The normalized spacial score (nSPS) is 17.9. The van der Waals surface area contributed by atoms with E-state index in [9.17, 15) is 13.2 Å². The summed E-state index contributed by atoms with van der Waals surface area (Å²) in [5.74, 6) is -0.130. The molecule has 12 heteroatoms. The average molecular weight is 456 g/mol. The van der Waals surface area contributed by atoms with Crippen LogP contribution < -0.4 is 9.88 Å². The predicted molar refractivity (Wildman–Crippen MR) is 113 cm³/mol. The lowest BCUT2D eigenvalue weighted by Gasteiger charge is -2.30. The summed E-state index contributed by atoms with van der Waals surface area (Å²) < 4.78 is 35.8. The van der Waals surface area contributed by atoms with Gasteiger partial charge in [-0.3, -0.25) is 4.79 Å². The first-order chi connectivity index (χ1) is 15.3. The van der Waals surface area contributed by atoms with Gasteiger partial charge in [-0.25, -0.2) is 23.2 Å². The molecule has 0 radical (unpaired) electrons. The topological polar surface area (TPSA) is 152 Å². The van der Waals surface area contributed by atoms with Gasteiger partial charge in [-0.05, 0) is 54.6 Å². The SMILES string of the molecule is CCOC(=O)C1C(C)=Nc2nnnn2C1c1ccccc1Oc1ccc(S(N)(=O)=O)cc1. The number of benzene rings is 2. The van der Waals surface area contributed by atoms with Crippen LogP contribution in [0.3, 0.4) is 0 Å². The molecule has 32 heavy (non-hydrogen) atoms. The Morgan fingerprint density at radius 1 is 1.16 bits per heavy atom. The van der Waals surface area contributed by atoms with Crippen molar-refractivity contribution < 1.29 is 22.7 Å². The zero-order chi connectivity index (χ0) is 22.9. The van der Waals surface area contributed by atoms with E-state index in [-0.39, 0.29) is 17.5 Å². The molecule has 1 aromatic heterocycles. The molecule has 0 spiro atoms. The molecule has 4 rings (SSSR count). The van der Waals surface area contributed by atoms with E-state index >= 15 is 0 Å². The first-order valence-corrected chi connectivity index (χ1v) is 11.2. The molecule has 0 fully saturated rings. The van der Waals surface area contributed by atoms with Crippen molar-refractivity contribution in [1.82, 2.24) is 20.2 Å². The Bertz CT molecular complexity index is 1290. The highest BCUT2D eigenvalue weighted by atomic mass is 32.2. The maximum absolute atomic E-state index is 12.8. The molecular formula is C20H20N6O5S. The van der Waals surface area contributed by atoms with E-state index in [1.165, 1.54) is 28.9 Å². The van der Waals surface area contributed by atoms with E-state index in [0.29, 0.717) is 22.8 Å². The zero-order valence-electron chi connectivity index (χ0n) is 17.2. The third-order valence-electron chi connectivity index (χ3n) is 4.94. The summed E-state index contributed by atoms with van der Waals surface area (Å²) in [7, 11) is -3.82. The molecule has 0 saturated heterocycles. The monoisotopic (exact) mass is 456 g/mol. The number of primary sulfonamides is 1. The molecular weight excluding hydrogens is 436 g/mol. The van der Waals surface area contributed by atoms with E-state index in [0.717, 1.165) is 0 Å². The second-order valence-electron chi connectivity index (χ2n) is 7.01. The summed E-state index contributed by atoms with van der Waals surface area (Å²) in [5.41, 5.74) is 1.15. The van der Waals surface area contributed by atoms with E-state index in [2.05, 4.69) is 20.5 Å². The van der Waals surface area contributed by atoms with E-state index < -0.39 is 28.0 Å². The quantitative estimate of drug-likeness (QED) is 0.553. The third-order valence-corrected chi connectivity index (χ3v) is 5.87. The smallest absolute Gasteiger partial charge is 0.317 e. The number of tetrazole rings is 1. The number of hydrogen-bond donors (Lipinski definition) is 1. The van der Waals surface area contributed by atoms with Crippen molar-refractivity contribution in [2.24, 2.45) is 16.0 Å². The Morgan fingerprint density at radius 3 is 2.56 bits per heavy atom. The van der Waals surface area contributed by atoms with Gasteiger partial charge >= 0.3 is 5.97 Å². The first kappa shape index (κ1) is 21.6. The van der Waals surface area contributed by atoms with Crippen molar-refractivity contribution >= 4 is 27.7 Å². The van der Waals surface area contributed by atoms with Gasteiger partial charge in [0.1, 0.15) is 23.5 Å². The molecule has 0 aliphatic carbocycles. The van der Waals surface area contributed by atoms with Crippen LogP contribution in [0, 0.1) is 5.92 Å². The fourth-order valence-electron chi connectivity index (χ4n) is 3.52. The van der Waals surface area contributed by atoms with E-state index in [4.69, 9.17) is 14.6 Å². The summed E-state index contributed by atoms with van der Waals surface area (Å²) in [6, 6.07) is 12.2. The van der Waals surface area contributed by atoms with Gasteiger partial charge < -0.3 is 9.47 Å². The van der Waals surface area contributed by atoms with Crippen LogP contribution in [0.15, 0.2) is 58.4 Å². The summed E-state index contributed by atoms with van der Waals surface area (Å²) >= 11 is 0. The lowest BCUT2D eigenvalue weighted by molar-refractivity contribution is -0.146. The highest BCUT2D eigenvalue weighted by Crippen LogP contribution is 2.40. The highest BCUT2D eigenvalue weighted by Gasteiger charge is 2.41. The number of nitrogens with two attached hydrogens (primary N) is 1. The molecule has 0 amide bonds. The van der Waals surface area contributed by atoms with Gasteiger partial charge in [0, 0.05) is 11.3 Å². The fourth-order valence-corrected chi connectivity index (χ4v) is 4.04. The summed E-state index contributed by atoms with van der Waals surface area (Å²) in [4.78, 5) is 17.1. The Labute approximate surface area is 183 Å². The Kier molecular flexibility index (Phi) is 5.72.